The van der Waals surface area contributed by atoms with Gasteiger partial charge in [-0.25, -0.2) is 0 Å². The molecule has 0 saturated carbocycles. The number of carbonyl (C=O) groups is 3. The minimum absolute atomic E-state index is 0.104. The van der Waals surface area contributed by atoms with E-state index in [1.54, 1.807) is 9.80 Å². The Morgan fingerprint density at radius 2 is 0.828 bits per heavy atom. The van der Waals surface area contributed by atoms with Gasteiger partial charge < -0.3 is 15.1 Å². The topological polar surface area (TPSA) is 69.7 Å². The first kappa shape index (κ1) is 32.1. The Balaban J connectivity index is -0.000000350. The second kappa shape index (κ2) is 16.2. The molecule has 0 aromatic carbocycles. The van der Waals surface area contributed by atoms with Crippen molar-refractivity contribution < 1.29 is 14.4 Å². The number of hydrogen-bond acceptors (Lipinski definition) is 3. The molecular weight excluding hydrogens is 366 g/mol. The van der Waals surface area contributed by atoms with Crippen LogP contribution < -0.4 is 5.32 Å². The van der Waals surface area contributed by atoms with E-state index in [1.165, 1.54) is 0 Å². The van der Waals surface area contributed by atoms with Crippen molar-refractivity contribution in [1.82, 2.24) is 15.1 Å². The van der Waals surface area contributed by atoms with Crippen LogP contribution in [0.4, 0.5) is 0 Å². The molecular formula is C23H49N3O3. The molecule has 0 saturated heterocycles. The van der Waals surface area contributed by atoms with Crippen LogP contribution in [0.5, 0.6) is 0 Å². The lowest BCUT2D eigenvalue weighted by atomic mass is 10.2. The molecule has 1 N–H and O–H groups in total. The van der Waals surface area contributed by atoms with E-state index in [9.17, 15) is 14.4 Å². The van der Waals surface area contributed by atoms with Crippen LogP contribution >= 0.6 is 0 Å². The summed E-state index contributed by atoms with van der Waals surface area (Å²) in [4.78, 5) is 36.8. The second-order valence-electron chi connectivity index (χ2n) is 9.21. The minimum Gasteiger partial charge on any atom is -0.354 e. The second-order valence-corrected chi connectivity index (χ2v) is 9.21. The number of hydrogen-bond donors (Lipinski definition) is 1. The van der Waals surface area contributed by atoms with Crippen molar-refractivity contribution in [1.29, 1.82) is 0 Å². The number of rotatable bonds is 6. The average Bonchev–Trinajstić information content (AvgIpc) is 2.58. The first-order chi connectivity index (χ1) is 13.0. The van der Waals surface area contributed by atoms with Gasteiger partial charge in [-0.15, -0.1) is 0 Å². The van der Waals surface area contributed by atoms with E-state index in [2.05, 4.69) is 5.32 Å². The molecule has 0 radical (unpaired) electrons. The molecule has 29 heavy (non-hydrogen) atoms. The molecule has 0 heterocycles. The van der Waals surface area contributed by atoms with Gasteiger partial charge >= 0.3 is 0 Å². The summed E-state index contributed by atoms with van der Waals surface area (Å²) < 4.78 is 0. The predicted molar refractivity (Wildman–Crippen MR) is 124 cm³/mol. The van der Waals surface area contributed by atoms with E-state index in [0.29, 0.717) is 12.1 Å². The fourth-order valence-corrected chi connectivity index (χ4v) is 1.77. The van der Waals surface area contributed by atoms with E-state index in [0.717, 1.165) is 0 Å². The molecule has 0 aromatic heterocycles. The summed E-state index contributed by atoms with van der Waals surface area (Å²) in [7, 11) is 3.68. The molecule has 174 valence electrons. The first-order valence-corrected chi connectivity index (χ1v) is 10.8. The van der Waals surface area contributed by atoms with Gasteiger partial charge in [0, 0.05) is 50.0 Å². The van der Waals surface area contributed by atoms with Crippen molar-refractivity contribution in [3.8, 4) is 0 Å². The summed E-state index contributed by atoms with van der Waals surface area (Å²) in [5, 5.41) is 2.80. The van der Waals surface area contributed by atoms with Gasteiger partial charge in [0.25, 0.3) is 0 Å². The molecule has 0 aromatic rings. The third-order valence-electron chi connectivity index (χ3n) is 4.19. The van der Waals surface area contributed by atoms with E-state index >= 15 is 0 Å². The zero-order valence-corrected chi connectivity index (χ0v) is 21.6. The standard InChI is InChI=1S/2C8H17NO.C7H15NO/c2*1-6(2)8(10)9(5)7(3)4;1-5(2)7(9)8-6(3)4/h2*6-7H,1-5H3;5-6H,1-4H3,(H,8,9). The fourth-order valence-electron chi connectivity index (χ4n) is 1.77. The van der Waals surface area contributed by atoms with Crippen LogP contribution in [-0.2, 0) is 14.4 Å². The highest BCUT2D eigenvalue weighted by Crippen LogP contribution is 2.03. The highest BCUT2D eigenvalue weighted by Gasteiger charge is 2.15. The third-order valence-corrected chi connectivity index (χ3v) is 4.19. The summed E-state index contributed by atoms with van der Waals surface area (Å²) in [5.41, 5.74) is 0. The van der Waals surface area contributed by atoms with Crippen molar-refractivity contribution in [3.05, 3.63) is 0 Å². The monoisotopic (exact) mass is 415 g/mol. The Morgan fingerprint density at radius 3 is 0.897 bits per heavy atom. The van der Waals surface area contributed by atoms with Crippen LogP contribution in [-0.4, -0.2) is 59.7 Å². The van der Waals surface area contributed by atoms with Gasteiger partial charge in [-0.05, 0) is 41.5 Å². The molecule has 0 unspecified atom stereocenters. The normalized spacial score (nSPS) is 10.6. The average molecular weight is 416 g/mol. The maximum absolute atomic E-state index is 11.2. The molecule has 0 spiro atoms. The summed E-state index contributed by atoms with van der Waals surface area (Å²) in [6.07, 6.45) is 0. The lowest BCUT2D eigenvalue weighted by molar-refractivity contribution is -0.135. The van der Waals surface area contributed by atoms with Gasteiger partial charge in [-0.1, -0.05) is 41.5 Å². The van der Waals surface area contributed by atoms with Crippen molar-refractivity contribution in [2.45, 2.75) is 101 Å². The van der Waals surface area contributed by atoms with E-state index in [-0.39, 0.29) is 41.5 Å². The van der Waals surface area contributed by atoms with Gasteiger partial charge in [-0.3, -0.25) is 14.4 Å². The van der Waals surface area contributed by atoms with Crippen LogP contribution in [0.2, 0.25) is 0 Å². The Labute approximate surface area is 180 Å². The Hall–Kier alpha value is -1.59. The Bertz CT molecular complexity index is 440. The lowest BCUT2D eigenvalue weighted by Gasteiger charge is -2.23. The summed E-state index contributed by atoms with van der Waals surface area (Å²) in [6, 6.07) is 0.893. The minimum atomic E-state index is 0.104. The van der Waals surface area contributed by atoms with Gasteiger partial charge in [0.05, 0.1) is 0 Å². The molecule has 0 atom stereocenters. The summed E-state index contributed by atoms with van der Waals surface area (Å²) in [5.74, 6) is 0.905. The SMILES string of the molecule is CC(C)C(=O)N(C)C(C)C.CC(C)C(=O)N(C)C(C)C.CC(C)NC(=O)C(C)C. The number of carbonyl (C=O) groups excluding carboxylic acids is 3. The third kappa shape index (κ3) is 17.0. The van der Waals surface area contributed by atoms with Crippen molar-refractivity contribution >= 4 is 17.7 Å². The maximum Gasteiger partial charge on any atom is 0.225 e. The number of nitrogens with zero attached hydrogens (tertiary/aromatic N) is 2. The molecule has 0 aliphatic heterocycles. The summed E-state index contributed by atoms with van der Waals surface area (Å²) in [6.45, 7) is 23.4. The molecule has 0 rings (SSSR count). The largest absolute Gasteiger partial charge is 0.354 e. The van der Waals surface area contributed by atoms with Gasteiger partial charge in [0.15, 0.2) is 0 Å². The molecule has 0 bridgehead atoms. The highest BCUT2D eigenvalue weighted by atomic mass is 16.2. The quantitative estimate of drug-likeness (QED) is 0.707. The maximum atomic E-state index is 11.2. The highest BCUT2D eigenvalue weighted by molar-refractivity contribution is 5.78. The van der Waals surface area contributed by atoms with Crippen molar-refractivity contribution in [2.75, 3.05) is 14.1 Å². The van der Waals surface area contributed by atoms with Crippen LogP contribution in [0.15, 0.2) is 0 Å². The molecule has 3 amide bonds. The Kier molecular flexibility index (Phi) is 18.0. The smallest absolute Gasteiger partial charge is 0.225 e. The van der Waals surface area contributed by atoms with Crippen LogP contribution in [0.25, 0.3) is 0 Å². The van der Waals surface area contributed by atoms with Gasteiger partial charge in [0.2, 0.25) is 17.7 Å². The molecule has 6 heteroatoms. The molecule has 0 aliphatic carbocycles. The van der Waals surface area contributed by atoms with E-state index in [4.69, 9.17) is 0 Å². The summed E-state index contributed by atoms with van der Waals surface area (Å²) >= 11 is 0. The molecule has 6 nitrogen and oxygen atoms in total. The zero-order valence-electron chi connectivity index (χ0n) is 21.6. The van der Waals surface area contributed by atoms with Gasteiger partial charge in [0.1, 0.15) is 0 Å². The van der Waals surface area contributed by atoms with Crippen LogP contribution in [0.1, 0.15) is 83.1 Å². The first-order valence-electron chi connectivity index (χ1n) is 10.8. The zero-order chi connectivity index (χ0) is 24.1. The van der Waals surface area contributed by atoms with Crippen LogP contribution in [0, 0.1) is 17.8 Å². The van der Waals surface area contributed by atoms with Crippen LogP contribution in [0.3, 0.4) is 0 Å². The van der Waals surface area contributed by atoms with E-state index < -0.39 is 0 Å². The molecule has 0 aliphatic rings. The lowest BCUT2D eigenvalue weighted by Crippen LogP contribution is -2.35. The number of nitrogens with one attached hydrogen (secondary N) is 1. The van der Waals surface area contributed by atoms with Gasteiger partial charge in [-0.2, -0.15) is 0 Å². The van der Waals surface area contributed by atoms with E-state index in [1.807, 2.05) is 97.2 Å². The predicted octanol–water partition coefficient (Wildman–Crippen LogP) is 4.19. The van der Waals surface area contributed by atoms with Crippen molar-refractivity contribution in [3.63, 3.8) is 0 Å². The fraction of sp³-hybridized carbons (Fsp3) is 0.870. The Morgan fingerprint density at radius 1 is 0.552 bits per heavy atom. The molecule has 0 fully saturated rings. The van der Waals surface area contributed by atoms with Crippen molar-refractivity contribution in [2.24, 2.45) is 17.8 Å². The number of amides is 3.